The summed E-state index contributed by atoms with van der Waals surface area (Å²) in [6.45, 7) is 1.89. The second-order valence-electron chi connectivity index (χ2n) is 12.8. The molecule has 6 rings (SSSR count). The van der Waals surface area contributed by atoms with E-state index in [4.69, 9.17) is 4.74 Å². The average Bonchev–Trinajstić information content (AvgIpc) is 3.19. The van der Waals surface area contributed by atoms with Gasteiger partial charge in [0.2, 0.25) is 11.2 Å². The molecular weight excluding hydrogens is 680 g/mol. The number of pyridine rings is 1. The number of nitrogens with zero attached hydrogens (tertiary/aromatic N) is 2. The molecule has 2 heterocycles. The molecule has 6 N–H and O–H groups in total. The lowest BCUT2D eigenvalue weighted by Gasteiger charge is -2.34. The Morgan fingerprint density at radius 2 is 1.55 bits per heavy atom. The summed E-state index contributed by atoms with van der Waals surface area (Å²) in [4.78, 5) is 55.9. The van der Waals surface area contributed by atoms with Crippen molar-refractivity contribution in [1.82, 2.24) is 20.1 Å². The minimum atomic E-state index is -2.30. The zero-order valence-electron chi connectivity index (χ0n) is 28.8. The van der Waals surface area contributed by atoms with Crippen LogP contribution in [0.5, 0.6) is 11.5 Å². The number of fused-ring (bicyclic) bond motifs is 1. The number of rotatable bonds is 13. The minimum Gasteiger partial charge on any atom is -0.506 e. The van der Waals surface area contributed by atoms with Gasteiger partial charge in [-0.3, -0.25) is 14.4 Å². The van der Waals surface area contributed by atoms with Crippen LogP contribution in [0.15, 0.2) is 108 Å². The number of aliphatic hydroxyl groups excluding tert-OH is 1. The maximum atomic E-state index is 13.2. The molecule has 0 spiro atoms. The number of aliphatic hydroxyl groups is 2. The highest BCUT2D eigenvalue weighted by atomic mass is 16.5. The molecule has 5 aromatic rings. The van der Waals surface area contributed by atoms with E-state index >= 15 is 0 Å². The van der Waals surface area contributed by atoms with Gasteiger partial charge < -0.3 is 45.3 Å². The van der Waals surface area contributed by atoms with E-state index in [1.807, 2.05) is 12.1 Å². The van der Waals surface area contributed by atoms with Crippen LogP contribution in [-0.2, 0) is 21.6 Å². The molecule has 1 aliphatic rings. The molecule has 13 heteroatoms. The zero-order valence-corrected chi connectivity index (χ0v) is 28.8. The van der Waals surface area contributed by atoms with Gasteiger partial charge in [-0.1, -0.05) is 60.7 Å². The highest BCUT2D eigenvalue weighted by Gasteiger charge is 2.40. The van der Waals surface area contributed by atoms with Crippen molar-refractivity contribution in [2.45, 2.75) is 18.1 Å². The highest BCUT2D eigenvalue weighted by Crippen LogP contribution is 2.32. The Labute approximate surface area is 304 Å². The number of benzene rings is 4. The smallest absolute Gasteiger partial charge is 0.345 e. The van der Waals surface area contributed by atoms with Crippen molar-refractivity contribution in [3.63, 3.8) is 0 Å². The molecule has 0 saturated carbocycles. The van der Waals surface area contributed by atoms with E-state index in [0.29, 0.717) is 55.7 Å². The van der Waals surface area contributed by atoms with Crippen molar-refractivity contribution in [3.8, 4) is 11.5 Å². The normalized spacial score (nSPS) is 14.8. The number of piperazine rings is 1. The number of H-pyrrole nitrogens is 1. The van der Waals surface area contributed by atoms with E-state index in [-0.39, 0.29) is 58.7 Å². The molecule has 2 unspecified atom stereocenters. The number of carboxylic acid groups (broad SMARTS) is 1. The number of carbonyl (C=O) groups excluding carboxylic acids is 2. The molecule has 13 nitrogen and oxygen atoms in total. The highest BCUT2D eigenvalue weighted by molar-refractivity contribution is 5.94. The van der Waals surface area contributed by atoms with Crippen molar-refractivity contribution in [2.24, 2.45) is 0 Å². The van der Waals surface area contributed by atoms with Crippen LogP contribution in [0.2, 0.25) is 0 Å². The van der Waals surface area contributed by atoms with Gasteiger partial charge >= 0.3 is 5.97 Å². The Bertz CT molecular complexity index is 2150. The number of aromatic nitrogens is 1. The SMILES string of the molecule is O=C(COc1cccc(C(O)(C(=O)O)c2ccccc2)c1)N1CCN(C(=O)c2ccc(CCNCC(O)c3ccc(O)c4[nH]c(=O)ccc34)cc2)CC1. The molecule has 1 aliphatic heterocycles. The van der Waals surface area contributed by atoms with Gasteiger partial charge in [-0.05, 0) is 66.1 Å². The Balaban J connectivity index is 0.946. The number of amides is 2. The number of carboxylic acids is 1. The number of aromatic hydroxyl groups is 1. The molecule has 0 radical (unpaired) electrons. The summed E-state index contributed by atoms with van der Waals surface area (Å²) in [5, 5.41) is 45.7. The average molecular weight is 721 g/mol. The fourth-order valence-corrected chi connectivity index (χ4v) is 6.43. The predicted octanol–water partition coefficient (Wildman–Crippen LogP) is 2.78. The van der Waals surface area contributed by atoms with Crippen LogP contribution in [0.25, 0.3) is 10.9 Å². The summed E-state index contributed by atoms with van der Waals surface area (Å²) in [7, 11) is 0. The van der Waals surface area contributed by atoms with Gasteiger partial charge in [0.25, 0.3) is 11.8 Å². The molecule has 53 heavy (non-hydrogen) atoms. The Morgan fingerprint density at radius 1 is 0.849 bits per heavy atom. The van der Waals surface area contributed by atoms with Gasteiger partial charge in [0.15, 0.2) is 6.61 Å². The monoisotopic (exact) mass is 720 g/mol. The second-order valence-corrected chi connectivity index (χ2v) is 12.8. The van der Waals surface area contributed by atoms with Crippen LogP contribution in [-0.4, -0.2) is 98.9 Å². The molecule has 274 valence electrons. The molecule has 1 aromatic heterocycles. The van der Waals surface area contributed by atoms with Crippen molar-refractivity contribution in [3.05, 3.63) is 141 Å². The van der Waals surface area contributed by atoms with E-state index in [0.717, 1.165) is 5.56 Å². The van der Waals surface area contributed by atoms with Crippen LogP contribution >= 0.6 is 0 Å². The van der Waals surface area contributed by atoms with Gasteiger partial charge in [0.05, 0.1) is 11.6 Å². The lowest BCUT2D eigenvalue weighted by atomic mass is 9.86. The third-order valence-corrected chi connectivity index (χ3v) is 9.43. The first kappa shape index (κ1) is 36.8. The number of hydrogen-bond acceptors (Lipinski definition) is 9. The summed E-state index contributed by atoms with van der Waals surface area (Å²) in [5.74, 6) is -1.69. The topological polar surface area (TPSA) is 193 Å². The van der Waals surface area contributed by atoms with E-state index in [2.05, 4.69) is 10.3 Å². The number of hydrogen-bond donors (Lipinski definition) is 6. The molecule has 1 fully saturated rings. The number of nitrogens with one attached hydrogen (secondary N) is 2. The van der Waals surface area contributed by atoms with E-state index in [9.17, 15) is 39.6 Å². The van der Waals surface area contributed by atoms with Gasteiger partial charge in [-0.25, -0.2) is 4.79 Å². The van der Waals surface area contributed by atoms with Crippen molar-refractivity contribution in [2.75, 3.05) is 45.9 Å². The molecular formula is C40H40N4O9. The number of phenols is 1. The van der Waals surface area contributed by atoms with Gasteiger partial charge in [-0.15, -0.1) is 0 Å². The van der Waals surface area contributed by atoms with Gasteiger partial charge in [-0.2, -0.15) is 0 Å². The first-order valence-electron chi connectivity index (χ1n) is 17.2. The molecule has 1 saturated heterocycles. The van der Waals surface area contributed by atoms with E-state index < -0.39 is 17.7 Å². The molecule has 2 atom stereocenters. The van der Waals surface area contributed by atoms with Crippen LogP contribution in [0.4, 0.5) is 0 Å². The number of phenolic OH excluding ortho intramolecular Hbond substituents is 1. The lowest BCUT2D eigenvalue weighted by molar-refractivity contribution is -0.155. The first-order valence-corrected chi connectivity index (χ1v) is 17.2. The molecule has 4 aromatic carbocycles. The number of ether oxygens (including phenoxy) is 1. The summed E-state index contributed by atoms with van der Waals surface area (Å²) in [6, 6.07) is 27.4. The Kier molecular flexibility index (Phi) is 11.2. The fraction of sp³-hybridized carbons (Fsp3) is 0.250. The predicted molar refractivity (Wildman–Crippen MR) is 196 cm³/mol. The maximum absolute atomic E-state index is 13.2. The van der Waals surface area contributed by atoms with Crippen molar-refractivity contribution >= 4 is 28.7 Å². The first-order chi connectivity index (χ1) is 25.5. The van der Waals surface area contributed by atoms with E-state index in [1.165, 1.54) is 36.4 Å². The Hall–Kier alpha value is -6.02. The fourth-order valence-electron chi connectivity index (χ4n) is 6.43. The van der Waals surface area contributed by atoms with Crippen molar-refractivity contribution < 1.29 is 39.5 Å². The number of carbonyl (C=O) groups is 3. The summed E-state index contributed by atoms with van der Waals surface area (Å²) >= 11 is 0. The summed E-state index contributed by atoms with van der Waals surface area (Å²) in [5.41, 5.74) is 0.0468. The standard InChI is InChI=1S/C40H40N4O9/c45-33-15-13-31(32-14-16-35(47)42-37(32)33)34(46)24-41-18-17-26-9-11-27(12-10-26)38(49)44-21-19-43(20-22-44)36(48)25-53-30-8-4-7-29(23-30)40(52,39(50)51)28-5-2-1-3-6-28/h1-16,23,34,41,45-46,52H,17-22,24-25H2,(H,42,47)(H,50,51). The number of aromatic amines is 1. The van der Waals surface area contributed by atoms with Gasteiger partial charge in [0.1, 0.15) is 11.5 Å². The lowest BCUT2D eigenvalue weighted by Crippen LogP contribution is -2.51. The van der Waals surface area contributed by atoms with Crippen molar-refractivity contribution in [1.29, 1.82) is 0 Å². The zero-order chi connectivity index (χ0) is 37.5. The van der Waals surface area contributed by atoms with Crippen LogP contribution in [0.3, 0.4) is 0 Å². The molecule has 0 aliphatic carbocycles. The van der Waals surface area contributed by atoms with Crippen LogP contribution in [0, 0.1) is 0 Å². The quantitative estimate of drug-likeness (QED) is 0.0986. The third-order valence-electron chi connectivity index (χ3n) is 9.43. The van der Waals surface area contributed by atoms with Gasteiger partial charge in [0, 0.05) is 55.3 Å². The summed E-state index contributed by atoms with van der Waals surface area (Å²) < 4.78 is 5.71. The Morgan fingerprint density at radius 3 is 2.26 bits per heavy atom. The third kappa shape index (κ3) is 8.23. The number of aliphatic carboxylic acids is 1. The minimum absolute atomic E-state index is 0.0664. The van der Waals surface area contributed by atoms with E-state index in [1.54, 1.807) is 64.4 Å². The largest absolute Gasteiger partial charge is 0.506 e. The molecule has 0 bridgehead atoms. The second kappa shape index (κ2) is 16.1. The molecule has 2 amide bonds. The maximum Gasteiger partial charge on any atom is 0.345 e. The van der Waals surface area contributed by atoms with Crippen LogP contribution in [0.1, 0.15) is 38.7 Å². The van der Waals surface area contributed by atoms with Crippen LogP contribution < -0.4 is 15.6 Å². The summed E-state index contributed by atoms with van der Waals surface area (Å²) in [6.07, 6.45) is -0.205.